The van der Waals surface area contributed by atoms with Gasteiger partial charge >= 0.3 is 5.97 Å². The summed E-state index contributed by atoms with van der Waals surface area (Å²) in [4.78, 5) is 9.96. The van der Waals surface area contributed by atoms with E-state index in [0.29, 0.717) is 6.42 Å². The molecular weight excluding hydrogens is 110 g/mol. The van der Waals surface area contributed by atoms with Crippen molar-refractivity contribution in [3.8, 4) is 0 Å². The van der Waals surface area contributed by atoms with Gasteiger partial charge in [-0.15, -0.1) is 0 Å². The first kappa shape index (κ1) is 10.4. The fourth-order valence-electron chi connectivity index (χ4n) is 0.144. The van der Waals surface area contributed by atoms with Crippen LogP contribution in [0.25, 0.3) is 0 Å². The summed E-state index contributed by atoms with van der Waals surface area (Å²) < 4.78 is 4.26. The van der Waals surface area contributed by atoms with Crippen LogP contribution < -0.4 is 5.90 Å². The van der Waals surface area contributed by atoms with Crippen molar-refractivity contribution in [2.24, 2.45) is 5.90 Å². The molecule has 0 saturated carbocycles. The number of nitrogens with two attached hydrogens (primary N) is 1. The number of carbonyl (C=O) groups excluding carboxylic acids is 1. The zero-order chi connectivity index (χ0) is 6.99. The molecule has 0 radical (unpaired) electrons. The minimum atomic E-state index is -0.157. The van der Waals surface area contributed by atoms with Crippen LogP contribution in [0.15, 0.2) is 0 Å². The Kier molecular flexibility index (Phi) is 12.5. The fourth-order valence-corrected chi connectivity index (χ4v) is 0.144. The van der Waals surface area contributed by atoms with Crippen molar-refractivity contribution in [1.29, 1.82) is 0 Å². The third kappa shape index (κ3) is 9.04. The molecule has 0 aliphatic heterocycles. The highest BCUT2D eigenvalue weighted by Gasteiger charge is 1.87. The number of rotatable bonds is 1. The van der Waals surface area contributed by atoms with Gasteiger partial charge in [0.15, 0.2) is 0 Å². The topological polar surface area (TPSA) is 72.5 Å². The first-order chi connectivity index (χ1) is 3.81. The predicted octanol–water partition coefficient (Wildman–Crippen LogP) is -0.0963. The number of carbonyl (C=O) groups is 1. The van der Waals surface area contributed by atoms with Crippen LogP contribution in [0.4, 0.5) is 0 Å². The lowest BCUT2D eigenvalue weighted by atomic mass is 10.5. The second-order valence-corrected chi connectivity index (χ2v) is 0.930. The molecule has 0 aromatic heterocycles. The average Bonchev–Trinajstić information content (AvgIpc) is 1.91. The van der Waals surface area contributed by atoms with Gasteiger partial charge in [-0.05, 0) is 0 Å². The summed E-state index contributed by atoms with van der Waals surface area (Å²) in [7, 11) is 1.38. The highest BCUT2D eigenvalue weighted by Crippen LogP contribution is 1.76. The molecule has 0 bridgehead atoms. The van der Waals surface area contributed by atoms with Crippen molar-refractivity contribution in [1.82, 2.24) is 0 Å². The van der Waals surface area contributed by atoms with E-state index in [4.69, 9.17) is 5.21 Å². The standard InChI is InChI=1S/C4H8O2.H3NO/c1-3-4(5)6-2;1-2/h3H2,1-2H3;2H,1H2. The van der Waals surface area contributed by atoms with Gasteiger partial charge in [-0.2, -0.15) is 0 Å². The molecule has 0 saturated heterocycles. The summed E-state index contributed by atoms with van der Waals surface area (Å²) >= 11 is 0. The number of hydrogen-bond acceptors (Lipinski definition) is 4. The van der Waals surface area contributed by atoms with Crippen LogP contribution in [-0.2, 0) is 9.53 Å². The quantitative estimate of drug-likeness (QED) is 0.375. The molecule has 3 N–H and O–H groups in total. The van der Waals surface area contributed by atoms with E-state index >= 15 is 0 Å². The van der Waals surface area contributed by atoms with Crippen molar-refractivity contribution in [2.75, 3.05) is 7.11 Å². The van der Waals surface area contributed by atoms with Crippen LogP contribution in [0.5, 0.6) is 0 Å². The number of esters is 1. The molecule has 0 heterocycles. The molecule has 0 fully saturated rings. The van der Waals surface area contributed by atoms with E-state index in [1.165, 1.54) is 7.11 Å². The van der Waals surface area contributed by atoms with E-state index in [9.17, 15) is 4.79 Å². The average molecular weight is 121 g/mol. The van der Waals surface area contributed by atoms with Gasteiger partial charge in [0, 0.05) is 6.42 Å². The van der Waals surface area contributed by atoms with Crippen LogP contribution in [0.2, 0.25) is 0 Å². The van der Waals surface area contributed by atoms with Crippen molar-refractivity contribution in [3.05, 3.63) is 0 Å². The SMILES string of the molecule is CCC(=O)OC.NO. The van der Waals surface area contributed by atoms with E-state index in [1.807, 2.05) is 0 Å². The zero-order valence-electron chi connectivity index (χ0n) is 5.05. The molecule has 0 aromatic carbocycles. The monoisotopic (exact) mass is 121 g/mol. The molecule has 0 spiro atoms. The molecule has 0 aliphatic rings. The van der Waals surface area contributed by atoms with Gasteiger partial charge in [0.1, 0.15) is 0 Å². The van der Waals surface area contributed by atoms with Crippen LogP contribution >= 0.6 is 0 Å². The minimum absolute atomic E-state index is 0.157. The normalized spacial score (nSPS) is 6.50. The Morgan fingerprint density at radius 2 is 2.12 bits per heavy atom. The van der Waals surface area contributed by atoms with Gasteiger partial charge < -0.3 is 9.94 Å². The van der Waals surface area contributed by atoms with Gasteiger partial charge in [-0.25, -0.2) is 5.90 Å². The first-order valence-electron chi connectivity index (χ1n) is 2.14. The van der Waals surface area contributed by atoms with E-state index in [0.717, 1.165) is 0 Å². The maximum Gasteiger partial charge on any atom is 0.305 e. The largest absolute Gasteiger partial charge is 0.469 e. The molecule has 0 aliphatic carbocycles. The summed E-state index contributed by atoms with van der Waals surface area (Å²) in [5.74, 6) is 3.34. The second-order valence-electron chi connectivity index (χ2n) is 0.930. The maximum absolute atomic E-state index is 9.96. The third-order valence-corrected chi connectivity index (χ3v) is 0.516. The van der Waals surface area contributed by atoms with Crippen LogP contribution in [0.3, 0.4) is 0 Å². The maximum atomic E-state index is 9.96. The Morgan fingerprint density at radius 1 is 1.75 bits per heavy atom. The fraction of sp³-hybridized carbons (Fsp3) is 0.750. The van der Waals surface area contributed by atoms with Crippen molar-refractivity contribution in [3.63, 3.8) is 0 Å². The second kappa shape index (κ2) is 9.63. The summed E-state index contributed by atoms with van der Waals surface area (Å²) in [5, 5.41) is 6.50. The Labute approximate surface area is 48.2 Å². The Hall–Kier alpha value is -0.610. The summed E-state index contributed by atoms with van der Waals surface area (Å²) in [6.07, 6.45) is 0.469. The van der Waals surface area contributed by atoms with Crippen LogP contribution in [-0.4, -0.2) is 18.3 Å². The lowest BCUT2D eigenvalue weighted by Crippen LogP contribution is -1.94. The smallest absolute Gasteiger partial charge is 0.305 e. The summed E-state index contributed by atoms with van der Waals surface area (Å²) in [5.41, 5.74) is 0. The number of hydrogen-bond donors (Lipinski definition) is 2. The summed E-state index contributed by atoms with van der Waals surface area (Å²) in [6, 6.07) is 0. The molecule has 4 nitrogen and oxygen atoms in total. The Morgan fingerprint density at radius 3 is 2.12 bits per heavy atom. The number of methoxy groups -OCH3 is 1. The molecule has 0 amide bonds. The lowest BCUT2D eigenvalue weighted by molar-refractivity contribution is -0.140. The van der Waals surface area contributed by atoms with E-state index in [-0.39, 0.29) is 5.97 Å². The van der Waals surface area contributed by atoms with Gasteiger partial charge in [0.2, 0.25) is 0 Å². The van der Waals surface area contributed by atoms with Gasteiger partial charge in [-0.1, -0.05) is 6.92 Å². The van der Waals surface area contributed by atoms with Crippen molar-refractivity contribution < 1.29 is 14.7 Å². The Balaban J connectivity index is 0. The van der Waals surface area contributed by atoms with Crippen molar-refractivity contribution in [2.45, 2.75) is 13.3 Å². The van der Waals surface area contributed by atoms with Crippen LogP contribution in [0.1, 0.15) is 13.3 Å². The number of ether oxygens (including phenoxy) is 1. The van der Waals surface area contributed by atoms with Gasteiger partial charge in [-0.3, -0.25) is 4.79 Å². The molecule has 4 heteroatoms. The molecule has 0 rings (SSSR count). The molecule has 0 unspecified atom stereocenters. The van der Waals surface area contributed by atoms with Gasteiger partial charge in [0.25, 0.3) is 0 Å². The Bertz CT molecular complexity index is 49.2. The lowest BCUT2D eigenvalue weighted by Gasteiger charge is -1.87. The molecule has 0 aromatic rings. The van der Waals surface area contributed by atoms with Crippen LogP contribution in [0, 0.1) is 0 Å². The van der Waals surface area contributed by atoms with E-state index < -0.39 is 0 Å². The highest BCUT2D eigenvalue weighted by atomic mass is 16.5. The molecule has 8 heavy (non-hydrogen) atoms. The molecule has 0 atom stereocenters. The predicted molar refractivity (Wildman–Crippen MR) is 28.3 cm³/mol. The first-order valence-corrected chi connectivity index (χ1v) is 2.14. The van der Waals surface area contributed by atoms with E-state index in [1.54, 1.807) is 6.92 Å². The molecule has 50 valence electrons. The third-order valence-electron chi connectivity index (χ3n) is 0.516. The van der Waals surface area contributed by atoms with Crippen molar-refractivity contribution >= 4 is 5.97 Å². The van der Waals surface area contributed by atoms with E-state index in [2.05, 4.69) is 10.6 Å². The van der Waals surface area contributed by atoms with Gasteiger partial charge in [0.05, 0.1) is 7.11 Å². The highest BCUT2D eigenvalue weighted by molar-refractivity contribution is 5.68. The zero-order valence-corrected chi connectivity index (χ0v) is 5.05. The summed E-state index contributed by atoms with van der Waals surface area (Å²) in [6.45, 7) is 1.76. The molecular formula is C4H11NO3. The minimum Gasteiger partial charge on any atom is -0.469 e.